The van der Waals surface area contributed by atoms with Gasteiger partial charge in [0.1, 0.15) is 17.5 Å². The molecule has 1 atom stereocenters. The lowest BCUT2D eigenvalue weighted by Crippen LogP contribution is -2.50. The minimum Gasteiger partial charge on any atom is -0.497 e. The number of carbonyl (C=O) groups is 3. The SMILES string of the molecule is COc1ccc(NC(=O)[C@@H]2Cc3ccc(OCC(=O)NO)cc3CN2C(=O)c2ccccc2)cc1. The van der Waals surface area contributed by atoms with Crippen LogP contribution in [0.3, 0.4) is 0 Å². The quantitative estimate of drug-likeness (QED) is 0.357. The van der Waals surface area contributed by atoms with E-state index >= 15 is 0 Å². The second-order valence-corrected chi connectivity index (χ2v) is 7.99. The lowest BCUT2D eigenvalue weighted by molar-refractivity contribution is -0.131. The molecular weight excluding hydrogens is 450 g/mol. The van der Waals surface area contributed by atoms with Crippen LogP contribution in [-0.4, -0.2) is 47.6 Å². The Bertz CT molecular complexity index is 1210. The summed E-state index contributed by atoms with van der Waals surface area (Å²) >= 11 is 0. The zero-order chi connectivity index (χ0) is 24.8. The summed E-state index contributed by atoms with van der Waals surface area (Å²) in [6.07, 6.45) is 0.313. The van der Waals surface area contributed by atoms with Gasteiger partial charge in [-0.3, -0.25) is 19.6 Å². The fraction of sp³-hybridized carbons (Fsp3) is 0.192. The van der Waals surface area contributed by atoms with Crippen molar-refractivity contribution in [3.05, 3.63) is 89.5 Å². The first-order chi connectivity index (χ1) is 17.0. The molecule has 3 N–H and O–H groups in total. The number of fused-ring (bicyclic) bond motifs is 1. The highest BCUT2D eigenvalue weighted by atomic mass is 16.5. The van der Waals surface area contributed by atoms with Gasteiger partial charge in [-0.05, 0) is 59.7 Å². The normalized spacial score (nSPS) is 14.5. The van der Waals surface area contributed by atoms with E-state index in [1.54, 1.807) is 72.7 Å². The molecule has 0 aliphatic carbocycles. The molecule has 3 amide bonds. The number of rotatable bonds is 7. The van der Waals surface area contributed by atoms with Gasteiger partial charge in [-0.15, -0.1) is 0 Å². The maximum Gasteiger partial charge on any atom is 0.281 e. The third-order valence-corrected chi connectivity index (χ3v) is 5.74. The lowest BCUT2D eigenvalue weighted by atomic mass is 9.92. The Kier molecular flexibility index (Phi) is 7.27. The van der Waals surface area contributed by atoms with Crippen molar-refractivity contribution in [2.24, 2.45) is 0 Å². The number of amides is 3. The molecule has 0 saturated carbocycles. The number of nitrogens with zero attached hydrogens (tertiary/aromatic N) is 1. The molecular formula is C26H25N3O6. The summed E-state index contributed by atoms with van der Waals surface area (Å²) in [7, 11) is 1.57. The second kappa shape index (κ2) is 10.7. The number of hydrogen-bond donors (Lipinski definition) is 3. The molecule has 9 nitrogen and oxygen atoms in total. The summed E-state index contributed by atoms with van der Waals surface area (Å²) in [5, 5.41) is 11.6. The summed E-state index contributed by atoms with van der Waals surface area (Å²) in [5.41, 5.74) is 4.30. The Balaban J connectivity index is 1.60. The Hall–Kier alpha value is -4.37. The van der Waals surface area contributed by atoms with Crippen LogP contribution in [0.1, 0.15) is 21.5 Å². The van der Waals surface area contributed by atoms with Crippen molar-refractivity contribution >= 4 is 23.4 Å². The van der Waals surface area contributed by atoms with E-state index in [1.807, 2.05) is 12.1 Å². The molecule has 0 saturated heterocycles. The Morgan fingerprint density at radius 3 is 2.37 bits per heavy atom. The van der Waals surface area contributed by atoms with Crippen molar-refractivity contribution in [2.45, 2.75) is 19.0 Å². The van der Waals surface area contributed by atoms with Crippen molar-refractivity contribution in [2.75, 3.05) is 19.0 Å². The van der Waals surface area contributed by atoms with E-state index in [0.717, 1.165) is 11.1 Å². The summed E-state index contributed by atoms with van der Waals surface area (Å²) in [6.45, 7) is -0.165. The first kappa shape index (κ1) is 23.8. The molecule has 1 aliphatic heterocycles. The molecule has 180 valence electrons. The number of anilines is 1. The van der Waals surface area contributed by atoms with E-state index in [9.17, 15) is 14.4 Å². The molecule has 0 radical (unpaired) electrons. The number of hydrogen-bond acceptors (Lipinski definition) is 6. The van der Waals surface area contributed by atoms with E-state index in [-0.39, 0.29) is 25.0 Å². The summed E-state index contributed by atoms with van der Waals surface area (Å²) in [4.78, 5) is 39.6. The number of benzene rings is 3. The Labute approximate surface area is 202 Å². The molecule has 1 aliphatic rings. The second-order valence-electron chi connectivity index (χ2n) is 7.99. The van der Waals surface area contributed by atoms with E-state index < -0.39 is 11.9 Å². The van der Waals surface area contributed by atoms with E-state index in [4.69, 9.17) is 14.7 Å². The van der Waals surface area contributed by atoms with Crippen LogP contribution in [0.2, 0.25) is 0 Å². The first-order valence-electron chi connectivity index (χ1n) is 11.0. The van der Waals surface area contributed by atoms with Crippen LogP contribution in [0.4, 0.5) is 5.69 Å². The van der Waals surface area contributed by atoms with Gasteiger partial charge < -0.3 is 19.7 Å². The minimum atomic E-state index is -0.732. The van der Waals surface area contributed by atoms with Crippen LogP contribution < -0.4 is 20.3 Å². The topological polar surface area (TPSA) is 117 Å². The van der Waals surface area contributed by atoms with Crippen LogP contribution in [-0.2, 0) is 22.6 Å². The lowest BCUT2D eigenvalue weighted by Gasteiger charge is -2.36. The van der Waals surface area contributed by atoms with Crippen molar-refractivity contribution in [1.29, 1.82) is 0 Å². The van der Waals surface area contributed by atoms with Crippen LogP contribution in [0, 0.1) is 0 Å². The highest BCUT2D eigenvalue weighted by molar-refractivity contribution is 6.01. The van der Waals surface area contributed by atoms with Crippen molar-refractivity contribution < 1.29 is 29.1 Å². The molecule has 0 unspecified atom stereocenters. The molecule has 0 spiro atoms. The largest absolute Gasteiger partial charge is 0.497 e. The Morgan fingerprint density at radius 1 is 0.971 bits per heavy atom. The smallest absolute Gasteiger partial charge is 0.281 e. The standard InChI is InChI=1S/C26H25N3O6/c1-34-21-11-8-20(9-12-21)27-25(31)23-14-18-7-10-22(35-16-24(30)28-33)13-19(18)15-29(23)26(32)17-5-3-2-4-6-17/h2-13,23,33H,14-16H2,1H3,(H,27,31)(H,28,30)/t23-/m0/s1. The Morgan fingerprint density at radius 2 is 1.69 bits per heavy atom. The first-order valence-corrected chi connectivity index (χ1v) is 11.0. The van der Waals surface area contributed by atoms with Crippen LogP contribution in [0.5, 0.6) is 11.5 Å². The van der Waals surface area contributed by atoms with Crippen molar-refractivity contribution in [3.63, 3.8) is 0 Å². The summed E-state index contributed by atoms with van der Waals surface area (Å²) < 4.78 is 10.6. The minimum absolute atomic E-state index is 0.188. The van der Waals surface area contributed by atoms with Gasteiger partial charge >= 0.3 is 0 Å². The molecule has 9 heteroatoms. The van der Waals surface area contributed by atoms with Gasteiger partial charge in [-0.1, -0.05) is 24.3 Å². The molecule has 1 heterocycles. The summed E-state index contributed by atoms with van der Waals surface area (Å²) in [5.74, 6) is -0.161. The van der Waals surface area contributed by atoms with Gasteiger partial charge in [0.2, 0.25) is 5.91 Å². The van der Waals surface area contributed by atoms with Crippen LogP contribution in [0.25, 0.3) is 0 Å². The van der Waals surface area contributed by atoms with Gasteiger partial charge in [-0.2, -0.15) is 0 Å². The van der Waals surface area contributed by atoms with Gasteiger partial charge in [0.05, 0.1) is 7.11 Å². The third kappa shape index (κ3) is 5.59. The van der Waals surface area contributed by atoms with Gasteiger partial charge in [0, 0.05) is 24.2 Å². The molecule has 0 aromatic heterocycles. The number of hydroxylamine groups is 1. The monoisotopic (exact) mass is 475 g/mol. The van der Waals surface area contributed by atoms with Crippen molar-refractivity contribution in [1.82, 2.24) is 10.4 Å². The van der Waals surface area contributed by atoms with Crippen molar-refractivity contribution in [3.8, 4) is 11.5 Å². The number of nitrogens with one attached hydrogen (secondary N) is 2. The predicted octanol–water partition coefficient (Wildman–Crippen LogP) is 2.79. The molecule has 3 aromatic carbocycles. The van der Waals surface area contributed by atoms with Gasteiger partial charge in [0.25, 0.3) is 11.8 Å². The van der Waals surface area contributed by atoms with E-state index in [2.05, 4.69) is 5.32 Å². The molecule has 0 bridgehead atoms. The van der Waals surface area contributed by atoms with E-state index in [0.29, 0.717) is 29.2 Å². The van der Waals surface area contributed by atoms with Crippen LogP contribution in [0.15, 0.2) is 72.8 Å². The average Bonchev–Trinajstić information content (AvgIpc) is 2.91. The van der Waals surface area contributed by atoms with Crippen LogP contribution >= 0.6 is 0 Å². The number of carbonyl (C=O) groups excluding carboxylic acids is 3. The fourth-order valence-corrected chi connectivity index (χ4v) is 3.93. The highest BCUT2D eigenvalue weighted by Gasteiger charge is 2.35. The van der Waals surface area contributed by atoms with Gasteiger partial charge in [-0.25, -0.2) is 5.48 Å². The highest BCUT2D eigenvalue weighted by Crippen LogP contribution is 2.29. The van der Waals surface area contributed by atoms with Gasteiger partial charge in [0.15, 0.2) is 6.61 Å². The fourth-order valence-electron chi connectivity index (χ4n) is 3.93. The maximum absolute atomic E-state index is 13.4. The predicted molar refractivity (Wildman–Crippen MR) is 127 cm³/mol. The number of methoxy groups -OCH3 is 1. The molecule has 35 heavy (non-hydrogen) atoms. The number of ether oxygens (including phenoxy) is 2. The van der Waals surface area contributed by atoms with E-state index in [1.165, 1.54) is 5.48 Å². The average molecular weight is 476 g/mol. The molecule has 3 aromatic rings. The molecule has 4 rings (SSSR count). The summed E-state index contributed by atoms with van der Waals surface area (Å²) in [6, 6.07) is 20.3. The third-order valence-electron chi connectivity index (χ3n) is 5.74. The zero-order valence-corrected chi connectivity index (χ0v) is 19.1. The molecule has 0 fully saturated rings. The maximum atomic E-state index is 13.4. The zero-order valence-electron chi connectivity index (χ0n) is 19.1.